The zero-order valence-corrected chi connectivity index (χ0v) is 15.1. The minimum Gasteiger partial charge on any atom is -0.490 e. The van der Waals surface area contributed by atoms with Crippen LogP contribution in [0.4, 0.5) is 0 Å². The monoisotopic (exact) mass is 354 g/mol. The second kappa shape index (κ2) is 7.91. The summed E-state index contributed by atoms with van der Waals surface area (Å²) in [4.78, 5) is 16.7. The van der Waals surface area contributed by atoms with Crippen molar-refractivity contribution in [2.24, 2.45) is 0 Å². The number of nitrogens with zero attached hydrogens (tertiary/aromatic N) is 1. The van der Waals surface area contributed by atoms with E-state index in [4.69, 9.17) is 13.9 Å². The summed E-state index contributed by atoms with van der Waals surface area (Å²) >= 11 is 0. The van der Waals surface area contributed by atoms with Crippen molar-refractivity contribution in [3.05, 3.63) is 53.9 Å². The molecule has 3 rings (SSSR count). The van der Waals surface area contributed by atoms with Gasteiger partial charge in [-0.3, -0.25) is 4.79 Å². The Balaban J connectivity index is 1.82. The molecule has 0 bridgehead atoms. The van der Waals surface area contributed by atoms with Crippen LogP contribution in [0.3, 0.4) is 0 Å². The number of hydrogen-bond donors (Lipinski definition) is 1. The molecule has 1 N–H and O–H groups in total. The first-order chi connectivity index (χ1) is 12.6. The van der Waals surface area contributed by atoms with Crippen molar-refractivity contribution in [2.75, 3.05) is 13.2 Å². The number of para-hydroxylation sites is 1. The van der Waals surface area contributed by atoms with Crippen LogP contribution < -0.4 is 14.8 Å². The molecule has 0 aliphatic heterocycles. The van der Waals surface area contributed by atoms with Gasteiger partial charge in [0.05, 0.1) is 19.3 Å². The van der Waals surface area contributed by atoms with Crippen molar-refractivity contribution in [1.82, 2.24) is 10.3 Å². The molecular weight excluding hydrogens is 332 g/mol. The SMILES string of the molecule is CCOc1ncccc1C(=O)NC(C)c1cc2cccc(OCC)c2o1. The maximum atomic E-state index is 12.6. The third-order valence-electron chi connectivity index (χ3n) is 3.90. The van der Waals surface area contributed by atoms with Gasteiger partial charge in [0.2, 0.25) is 5.88 Å². The molecule has 0 saturated heterocycles. The molecule has 0 radical (unpaired) electrons. The number of benzene rings is 1. The number of nitrogens with one attached hydrogen (secondary N) is 1. The highest BCUT2D eigenvalue weighted by Crippen LogP contribution is 2.31. The third kappa shape index (κ3) is 3.64. The number of fused-ring (bicyclic) bond motifs is 1. The average Bonchev–Trinajstić information content (AvgIpc) is 3.08. The molecule has 136 valence electrons. The molecule has 1 atom stereocenters. The van der Waals surface area contributed by atoms with Crippen LogP contribution in [0.25, 0.3) is 11.0 Å². The lowest BCUT2D eigenvalue weighted by molar-refractivity contribution is 0.0931. The molecular formula is C20H22N2O4. The molecule has 6 heteroatoms. The van der Waals surface area contributed by atoms with Gasteiger partial charge in [0.1, 0.15) is 11.3 Å². The molecule has 2 aromatic heterocycles. The standard InChI is InChI=1S/C20H22N2O4/c1-4-24-16-10-6-8-14-12-17(26-18(14)16)13(3)22-19(23)15-9-7-11-21-20(15)25-5-2/h6-13H,4-5H2,1-3H3,(H,22,23). The van der Waals surface area contributed by atoms with Crippen molar-refractivity contribution < 1.29 is 18.7 Å². The Kier molecular flexibility index (Phi) is 5.41. The van der Waals surface area contributed by atoms with Crippen LogP contribution in [0.1, 0.15) is 42.9 Å². The summed E-state index contributed by atoms with van der Waals surface area (Å²) in [7, 11) is 0. The molecule has 1 aromatic carbocycles. The number of aromatic nitrogens is 1. The average molecular weight is 354 g/mol. The zero-order valence-electron chi connectivity index (χ0n) is 15.1. The Morgan fingerprint density at radius 1 is 1.19 bits per heavy atom. The van der Waals surface area contributed by atoms with Crippen molar-refractivity contribution in [3.8, 4) is 11.6 Å². The Morgan fingerprint density at radius 3 is 2.77 bits per heavy atom. The van der Waals surface area contributed by atoms with Crippen molar-refractivity contribution in [3.63, 3.8) is 0 Å². The molecule has 26 heavy (non-hydrogen) atoms. The van der Waals surface area contributed by atoms with E-state index in [-0.39, 0.29) is 11.9 Å². The van der Waals surface area contributed by atoms with E-state index in [0.29, 0.717) is 41.7 Å². The van der Waals surface area contributed by atoms with Gasteiger partial charge in [0, 0.05) is 11.6 Å². The van der Waals surface area contributed by atoms with Crippen LogP contribution in [0.2, 0.25) is 0 Å². The number of hydrogen-bond acceptors (Lipinski definition) is 5. The van der Waals surface area contributed by atoms with E-state index >= 15 is 0 Å². The van der Waals surface area contributed by atoms with E-state index < -0.39 is 0 Å². The van der Waals surface area contributed by atoms with Crippen molar-refractivity contribution in [2.45, 2.75) is 26.8 Å². The fourth-order valence-electron chi connectivity index (χ4n) is 2.70. The number of pyridine rings is 1. The number of rotatable bonds is 7. The first-order valence-corrected chi connectivity index (χ1v) is 8.68. The topological polar surface area (TPSA) is 73.6 Å². The molecule has 1 amide bonds. The molecule has 0 fully saturated rings. The molecule has 1 unspecified atom stereocenters. The molecule has 0 spiro atoms. The predicted molar refractivity (Wildman–Crippen MR) is 98.7 cm³/mol. The fraction of sp³-hybridized carbons (Fsp3) is 0.300. The third-order valence-corrected chi connectivity index (χ3v) is 3.90. The lowest BCUT2D eigenvalue weighted by Crippen LogP contribution is -2.27. The molecule has 0 aliphatic rings. The normalized spacial score (nSPS) is 12.0. The Labute approximate surface area is 152 Å². The van der Waals surface area contributed by atoms with Gasteiger partial charge in [-0.05, 0) is 45.0 Å². The quantitative estimate of drug-likeness (QED) is 0.691. The van der Waals surface area contributed by atoms with Gasteiger partial charge in [0.25, 0.3) is 5.91 Å². The van der Waals surface area contributed by atoms with Gasteiger partial charge >= 0.3 is 0 Å². The second-order valence-electron chi connectivity index (χ2n) is 5.74. The van der Waals surface area contributed by atoms with E-state index in [9.17, 15) is 4.79 Å². The molecule has 0 aliphatic carbocycles. The van der Waals surface area contributed by atoms with Gasteiger partial charge in [0.15, 0.2) is 11.3 Å². The van der Waals surface area contributed by atoms with Gasteiger partial charge in [-0.25, -0.2) is 4.98 Å². The van der Waals surface area contributed by atoms with Gasteiger partial charge in [-0.2, -0.15) is 0 Å². The number of furan rings is 1. The van der Waals surface area contributed by atoms with Crippen LogP contribution >= 0.6 is 0 Å². The summed E-state index contributed by atoms with van der Waals surface area (Å²) in [6.07, 6.45) is 1.60. The summed E-state index contributed by atoms with van der Waals surface area (Å²) in [5.41, 5.74) is 1.08. The van der Waals surface area contributed by atoms with Crippen LogP contribution in [0.5, 0.6) is 11.6 Å². The fourth-order valence-corrected chi connectivity index (χ4v) is 2.70. The summed E-state index contributed by atoms with van der Waals surface area (Å²) in [6, 6.07) is 10.7. The minimum absolute atomic E-state index is 0.264. The Morgan fingerprint density at radius 2 is 2.00 bits per heavy atom. The number of ether oxygens (including phenoxy) is 2. The molecule has 6 nitrogen and oxygen atoms in total. The van der Waals surface area contributed by atoms with E-state index in [1.165, 1.54) is 0 Å². The van der Waals surface area contributed by atoms with E-state index in [2.05, 4.69) is 10.3 Å². The molecule has 2 heterocycles. The Hall–Kier alpha value is -3.02. The van der Waals surface area contributed by atoms with Crippen LogP contribution in [0.15, 0.2) is 47.0 Å². The highest BCUT2D eigenvalue weighted by Gasteiger charge is 2.19. The maximum absolute atomic E-state index is 12.6. The minimum atomic E-state index is -0.320. The summed E-state index contributed by atoms with van der Waals surface area (Å²) in [6.45, 7) is 6.64. The summed E-state index contributed by atoms with van der Waals surface area (Å²) < 4.78 is 17.0. The number of carbonyl (C=O) groups excluding carboxylic acids is 1. The number of amides is 1. The zero-order chi connectivity index (χ0) is 18.5. The van der Waals surface area contributed by atoms with Gasteiger partial charge in [-0.15, -0.1) is 0 Å². The predicted octanol–water partition coefficient (Wildman–Crippen LogP) is 4.12. The van der Waals surface area contributed by atoms with Crippen molar-refractivity contribution in [1.29, 1.82) is 0 Å². The highest BCUT2D eigenvalue weighted by atomic mass is 16.5. The maximum Gasteiger partial charge on any atom is 0.257 e. The number of carbonyl (C=O) groups is 1. The van der Waals surface area contributed by atoms with E-state index in [1.54, 1.807) is 18.3 Å². The second-order valence-corrected chi connectivity index (χ2v) is 5.74. The van der Waals surface area contributed by atoms with Crippen molar-refractivity contribution >= 4 is 16.9 Å². The Bertz CT molecular complexity index is 904. The highest BCUT2D eigenvalue weighted by molar-refractivity contribution is 5.96. The summed E-state index contributed by atoms with van der Waals surface area (Å²) in [5.74, 6) is 1.41. The van der Waals surface area contributed by atoms with Crippen LogP contribution in [-0.2, 0) is 0 Å². The first kappa shape index (κ1) is 17.8. The van der Waals surface area contributed by atoms with Crippen LogP contribution in [0, 0.1) is 0 Å². The largest absolute Gasteiger partial charge is 0.490 e. The first-order valence-electron chi connectivity index (χ1n) is 8.68. The lowest BCUT2D eigenvalue weighted by Gasteiger charge is -2.13. The van der Waals surface area contributed by atoms with E-state index in [1.807, 2.05) is 45.0 Å². The van der Waals surface area contributed by atoms with Gasteiger partial charge < -0.3 is 19.2 Å². The van der Waals surface area contributed by atoms with E-state index in [0.717, 1.165) is 5.39 Å². The lowest BCUT2D eigenvalue weighted by atomic mass is 10.2. The van der Waals surface area contributed by atoms with Gasteiger partial charge in [-0.1, -0.05) is 12.1 Å². The molecule has 0 saturated carbocycles. The van der Waals surface area contributed by atoms with Crippen LogP contribution in [-0.4, -0.2) is 24.1 Å². The summed E-state index contributed by atoms with van der Waals surface area (Å²) in [5, 5.41) is 3.86. The molecule has 3 aromatic rings. The smallest absolute Gasteiger partial charge is 0.257 e.